The molecule has 1 fully saturated rings. The monoisotopic (exact) mass is 502 g/mol. The van der Waals surface area contributed by atoms with Crippen molar-refractivity contribution in [2.45, 2.75) is 45.6 Å². The van der Waals surface area contributed by atoms with E-state index in [0.29, 0.717) is 32.4 Å². The molecule has 0 aromatic heterocycles. The van der Waals surface area contributed by atoms with Gasteiger partial charge in [0, 0.05) is 12.5 Å². The minimum absolute atomic E-state index is 0.00256. The molecule has 0 unspecified atom stereocenters. The maximum absolute atomic E-state index is 13.0. The van der Waals surface area contributed by atoms with Crippen LogP contribution in [-0.4, -0.2) is 48.7 Å². The fraction of sp³-hybridized carbons (Fsp3) is 0.423. The number of halogens is 1. The van der Waals surface area contributed by atoms with E-state index in [1.165, 1.54) is 6.07 Å². The molecule has 0 saturated carbocycles. The number of esters is 2. The lowest BCUT2D eigenvalue weighted by Gasteiger charge is -2.34. The van der Waals surface area contributed by atoms with Crippen LogP contribution in [-0.2, 0) is 20.7 Å². The van der Waals surface area contributed by atoms with Gasteiger partial charge in [-0.3, -0.25) is 9.59 Å². The van der Waals surface area contributed by atoms with Gasteiger partial charge in [-0.25, -0.2) is 4.79 Å². The molecule has 1 aliphatic rings. The molecule has 8 nitrogen and oxygen atoms in total. The van der Waals surface area contributed by atoms with Crippen molar-refractivity contribution in [1.82, 2.24) is 10.6 Å². The summed E-state index contributed by atoms with van der Waals surface area (Å²) < 4.78 is 10.7. The molecule has 0 radical (unpaired) electrons. The first-order valence-electron chi connectivity index (χ1n) is 11.8. The summed E-state index contributed by atoms with van der Waals surface area (Å²) in [5.41, 5.74) is 0.0623. The standard InChI is InChI=1S/C26H31ClN2O6/c1-3-26(10-12-28-13-11-26)25(33)35-22-16-21(30)18(15-19(22)27)23(31)29-20(24(32)34-4-2)14-17-8-6-5-7-9-17/h5-9,15-16,20,28,30H,3-4,10-14H2,1-2H3,(H,29,31)/t20-/m1/s1. The van der Waals surface area contributed by atoms with E-state index in [4.69, 9.17) is 21.1 Å². The summed E-state index contributed by atoms with van der Waals surface area (Å²) in [5, 5.41) is 16.4. The Balaban J connectivity index is 1.77. The van der Waals surface area contributed by atoms with Gasteiger partial charge in [0.25, 0.3) is 5.91 Å². The summed E-state index contributed by atoms with van der Waals surface area (Å²) in [6, 6.07) is 10.6. The summed E-state index contributed by atoms with van der Waals surface area (Å²) in [7, 11) is 0. The highest BCUT2D eigenvalue weighted by molar-refractivity contribution is 6.32. The Bertz CT molecular complexity index is 1050. The molecule has 0 spiro atoms. The van der Waals surface area contributed by atoms with Crippen molar-refractivity contribution in [3.63, 3.8) is 0 Å². The number of phenols is 1. The molecule has 9 heteroatoms. The van der Waals surface area contributed by atoms with Crippen LogP contribution in [0.2, 0.25) is 5.02 Å². The average molecular weight is 503 g/mol. The van der Waals surface area contributed by atoms with Gasteiger partial charge in [0.15, 0.2) is 5.75 Å². The van der Waals surface area contributed by atoms with Gasteiger partial charge in [0.1, 0.15) is 11.8 Å². The Hall–Kier alpha value is -3.10. The second-order valence-corrected chi connectivity index (χ2v) is 8.95. The molecule has 188 valence electrons. The third kappa shape index (κ3) is 6.52. The van der Waals surface area contributed by atoms with Crippen molar-refractivity contribution >= 4 is 29.4 Å². The molecule has 3 rings (SSSR count). The Morgan fingerprint density at radius 3 is 2.46 bits per heavy atom. The lowest BCUT2D eigenvalue weighted by Crippen LogP contribution is -2.44. The SMILES string of the molecule is CCOC(=O)[C@@H](Cc1ccccc1)NC(=O)c1cc(Cl)c(OC(=O)C2(CC)CCNCC2)cc1O. The zero-order chi connectivity index (χ0) is 25.4. The summed E-state index contributed by atoms with van der Waals surface area (Å²) >= 11 is 6.32. The van der Waals surface area contributed by atoms with Crippen LogP contribution in [0.5, 0.6) is 11.5 Å². The highest BCUT2D eigenvalue weighted by atomic mass is 35.5. The maximum Gasteiger partial charge on any atom is 0.328 e. The molecule has 1 amide bonds. The molecule has 1 saturated heterocycles. The van der Waals surface area contributed by atoms with Crippen LogP contribution >= 0.6 is 11.6 Å². The van der Waals surface area contributed by atoms with Gasteiger partial charge >= 0.3 is 11.9 Å². The number of hydrogen-bond acceptors (Lipinski definition) is 7. The third-order valence-corrected chi connectivity index (χ3v) is 6.62. The third-order valence-electron chi connectivity index (χ3n) is 6.33. The number of carbonyl (C=O) groups is 3. The lowest BCUT2D eigenvalue weighted by molar-refractivity contribution is -0.148. The number of aromatic hydroxyl groups is 1. The van der Waals surface area contributed by atoms with Crippen molar-refractivity contribution in [3.8, 4) is 11.5 Å². The van der Waals surface area contributed by atoms with E-state index in [9.17, 15) is 19.5 Å². The zero-order valence-electron chi connectivity index (χ0n) is 19.9. The lowest BCUT2D eigenvalue weighted by atomic mass is 9.77. The first-order chi connectivity index (χ1) is 16.8. The number of benzene rings is 2. The van der Waals surface area contributed by atoms with Crippen molar-refractivity contribution in [2.24, 2.45) is 5.41 Å². The number of rotatable bonds is 9. The first kappa shape index (κ1) is 26.5. The minimum atomic E-state index is -0.968. The van der Waals surface area contributed by atoms with E-state index in [0.717, 1.165) is 11.6 Å². The fourth-order valence-corrected chi connectivity index (χ4v) is 4.34. The highest BCUT2D eigenvalue weighted by Crippen LogP contribution is 2.38. The van der Waals surface area contributed by atoms with E-state index in [1.807, 2.05) is 37.3 Å². The van der Waals surface area contributed by atoms with Crippen LogP contribution in [0, 0.1) is 5.41 Å². The Morgan fingerprint density at radius 2 is 1.83 bits per heavy atom. The van der Waals surface area contributed by atoms with Crippen LogP contribution in [0.15, 0.2) is 42.5 Å². The smallest absolute Gasteiger partial charge is 0.328 e. The topological polar surface area (TPSA) is 114 Å². The van der Waals surface area contributed by atoms with Crippen LogP contribution in [0.25, 0.3) is 0 Å². The number of nitrogens with one attached hydrogen (secondary N) is 2. The Labute approximate surface area is 210 Å². The van der Waals surface area contributed by atoms with Crippen LogP contribution in [0.3, 0.4) is 0 Å². The fourth-order valence-electron chi connectivity index (χ4n) is 4.14. The maximum atomic E-state index is 13.0. The summed E-state index contributed by atoms with van der Waals surface area (Å²) in [5.74, 6) is -2.16. The molecule has 1 heterocycles. The first-order valence-corrected chi connectivity index (χ1v) is 12.1. The Morgan fingerprint density at radius 1 is 1.14 bits per heavy atom. The molecule has 35 heavy (non-hydrogen) atoms. The van der Waals surface area contributed by atoms with Gasteiger partial charge in [-0.1, -0.05) is 48.9 Å². The molecule has 0 aliphatic carbocycles. The van der Waals surface area contributed by atoms with E-state index >= 15 is 0 Å². The summed E-state index contributed by atoms with van der Waals surface area (Å²) in [4.78, 5) is 38.4. The predicted octanol–water partition coefficient (Wildman–Crippen LogP) is 3.64. The van der Waals surface area contributed by atoms with E-state index in [2.05, 4.69) is 10.6 Å². The molecule has 1 atom stereocenters. The summed E-state index contributed by atoms with van der Waals surface area (Å²) in [6.07, 6.45) is 2.12. The van der Waals surface area contributed by atoms with Crippen molar-refractivity contribution < 1.29 is 29.0 Å². The largest absolute Gasteiger partial charge is 0.507 e. The molecule has 2 aromatic carbocycles. The van der Waals surface area contributed by atoms with Gasteiger partial charge < -0.3 is 25.2 Å². The van der Waals surface area contributed by atoms with Gasteiger partial charge in [0.2, 0.25) is 0 Å². The van der Waals surface area contributed by atoms with Crippen molar-refractivity contribution in [2.75, 3.05) is 19.7 Å². The predicted molar refractivity (Wildman–Crippen MR) is 132 cm³/mol. The van der Waals surface area contributed by atoms with E-state index in [1.54, 1.807) is 6.92 Å². The van der Waals surface area contributed by atoms with E-state index in [-0.39, 0.29) is 29.4 Å². The zero-order valence-corrected chi connectivity index (χ0v) is 20.7. The van der Waals surface area contributed by atoms with Gasteiger partial charge in [-0.15, -0.1) is 0 Å². The molecule has 0 bridgehead atoms. The second-order valence-electron chi connectivity index (χ2n) is 8.54. The van der Waals surface area contributed by atoms with Crippen LogP contribution in [0.4, 0.5) is 0 Å². The molecular weight excluding hydrogens is 472 g/mol. The van der Waals surface area contributed by atoms with E-state index < -0.39 is 35.1 Å². The quantitative estimate of drug-likeness (QED) is 0.354. The second kappa shape index (κ2) is 12.0. The van der Waals surface area contributed by atoms with Gasteiger partial charge in [-0.05, 0) is 50.9 Å². The number of carbonyl (C=O) groups excluding carboxylic acids is 3. The Kier molecular flexibility index (Phi) is 9.12. The molecular formula is C26H31ClN2O6. The van der Waals surface area contributed by atoms with Crippen LogP contribution < -0.4 is 15.4 Å². The van der Waals surface area contributed by atoms with Gasteiger partial charge in [-0.2, -0.15) is 0 Å². The van der Waals surface area contributed by atoms with Crippen LogP contribution in [0.1, 0.15) is 49.0 Å². The number of ether oxygens (including phenoxy) is 2. The number of piperidine rings is 1. The van der Waals surface area contributed by atoms with Crippen molar-refractivity contribution in [1.29, 1.82) is 0 Å². The highest BCUT2D eigenvalue weighted by Gasteiger charge is 2.40. The summed E-state index contributed by atoms with van der Waals surface area (Å²) in [6.45, 7) is 5.20. The normalized spacial score (nSPS) is 15.6. The minimum Gasteiger partial charge on any atom is -0.507 e. The molecule has 2 aromatic rings. The average Bonchev–Trinajstić information content (AvgIpc) is 2.86. The number of hydrogen-bond donors (Lipinski definition) is 3. The van der Waals surface area contributed by atoms with Gasteiger partial charge in [0.05, 0.1) is 22.6 Å². The number of phenolic OH excluding ortho intramolecular Hbond substituents is 1. The molecule has 3 N–H and O–H groups in total. The molecule has 1 aliphatic heterocycles. The van der Waals surface area contributed by atoms with Crippen molar-refractivity contribution in [3.05, 3.63) is 58.6 Å². The number of amides is 1.